The molecule has 5 nitrogen and oxygen atoms in total. The molecule has 3 rings (SSSR count). The number of para-hydroxylation sites is 1. The predicted molar refractivity (Wildman–Crippen MR) is 103 cm³/mol. The van der Waals surface area contributed by atoms with Crippen molar-refractivity contribution in [1.82, 2.24) is 4.98 Å². The van der Waals surface area contributed by atoms with Crippen molar-refractivity contribution >= 4 is 40.0 Å². The first-order valence-corrected chi connectivity index (χ1v) is 8.08. The Bertz CT molecular complexity index is 1010. The monoisotopic (exact) mass is 346 g/mol. The number of carbonyl (C=O) groups is 2. The number of carbonyl (C=O) groups excluding carboxylic acids is 1. The summed E-state index contributed by atoms with van der Waals surface area (Å²) in [5.74, 6) is -2.49. The van der Waals surface area contributed by atoms with Crippen molar-refractivity contribution < 1.29 is 14.7 Å². The smallest absolute Gasteiger partial charge is 0.377 e. The van der Waals surface area contributed by atoms with Crippen LogP contribution < -0.4 is 4.90 Å². The van der Waals surface area contributed by atoms with Crippen LogP contribution in [0.3, 0.4) is 0 Å². The van der Waals surface area contributed by atoms with Gasteiger partial charge in [-0.1, -0.05) is 36.4 Å². The Morgan fingerprint density at radius 1 is 0.962 bits per heavy atom. The van der Waals surface area contributed by atoms with Crippen LogP contribution in [0.15, 0.2) is 60.7 Å². The number of hydrogen-bond acceptors (Lipinski definition) is 4. The molecule has 0 unspecified atom stereocenters. The van der Waals surface area contributed by atoms with Crippen LogP contribution in [0.25, 0.3) is 22.6 Å². The number of anilines is 1. The van der Waals surface area contributed by atoms with Gasteiger partial charge in [0.05, 0.1) is 16.8 Å². The third-order valence-electron chi connectivity index (χ3n) is 4.03. The number of fused-ring (bicyclic) bond motifs is 1. The summed E-state index contributed by atoms with van der Waals surface area (Å²) in [7, 11) is 3.87. The number of carboxylic acids is 1. The molecule has 2 aromatic carbocycles. The standard InChI is InChI=1S/C21H18N2O3/c1-23(2)16-10-7-14(8-11-16)13-17(20(24)21(25)26)19-12-9-15-5-3-4-6-18(15)22-19/h3-13H,1-2H3,(H,25,26)/b17-13-. The molecule has 26 heavy (non-hydrogen) atoms. The van der Waals surface area contributed by atoms with E-state index in [1.54, 1.807) is 12.1 Å². The van der Waals surface area contributed by atoms with Gasteiger partial charge in [0.15, 0.2) is 0 Å². The van der Waals surface area contributed by atoms with E-state index in [2.05, 4.69) is 4.98 Å². The molecule has 0 aliphatic rings. The fourth-order valence-corrected chi connectivity index (χ4v) is 2.62. The zero-order valence-electron chi connectivity index (χ0n) is 14.5. The van der Waals surface area contributed by atoms with Crippen LogP contribution in [-0.2, 0) is 9.59 Å². The van der Waals surface area contributed by atoms with Gasteiger partial charge in [-0.25, -0.2) is 9.78 Å². The van der Waals surface area contributed by atoms with Crippen molar-refractivity contribution in [2.75, 3.05) is 19.0 Å². The highest BCUT2D eigenvalue weighted by Crippen LogP contribution is 2.22. The van der Waals surface area contributed by atoms with Crippen LogP contribution in [0.4, 0.5) is 5.69 Å². The Morgan fingerprint density at radius 2 is 1.65 bits per heavy atom. The van der Waals surface area contributed by atoms with E-state index in [4.69, 9.17) is 0 Å². The topological polar surface area (TPSA) is 70.5 Å². The van der Waals surface area contributed by atoms with Gasteiger partial charge in [0, 0.05) is 25.2 Å². The molecule has 0 atom stereocenters. The SMILES string of the molecule is CN(C)c1ccc(/C=C(\C(=O)C(=O)O)c2ccc3ccccc3n2)cc1. The number of pyridine rings is 1. The Morgan fingerprint density at radius 3 is 2.31 bits per heavy atom. The van der Waals surface area contributed by atoms with E-state index >= 15 is 0 Å². The molecule has 5 heteroatoms. The summed E-state index contributed by atoms with van der Waals surface area (Å²) in [6.07, 6.45) is 1.56. The second-order valence-electron chi connectivity index (χ2n) is 6.07. The maximum absolute atomic E-state index is 12.2. The molecule has 0 bridgehead atoms. The molecule has 130 valence electrons. The van der Waals surface area contributed by atoms with Crippen molar-refractivity contribution in [3.63, 3.8) is 0 Å². The molecule has 0 radical (unpaired) electrons. The number of aliphatic carboxylic acids is 1. The molecular weight excluding hydrogens is 328 g/mol. The van der Waals surface area contributed by atoms with E-state index in [-0.39, 0.29) is 5.57 Å². The molecule has 0 spiro atoms. The van der Waals surface area contributed by atoms with Crippen molar-refractivity contribution in [1.29, 1.82) is 0 Å². The summed E-state index contributed by atoms with van der Waals surface area (Å²) in [4.78, 5) is 29.9. The van der Waals surface area contributed by atoms with Crippen molar-refractivity contribution in [2.45, 2.75) is 0 Å². The number of hydrogen-bond donors (Lipinski definition) is 1. The van der Waals surface area contributed by atoms with Gasteiger partial charge < -0.3 is 10.0 Å². The highest BCUT2D eigenvalue weighted by atomic mass is 16.4. The highest BCUT2D eigenvalue weighted by Gasteiger charge is 2.21. The molecule has 0 aliphatic carbocycles. The lowest BCUT2D eigenvalue weighted by Crippen LogP contribution is -2.15. The molecule has 1 N–H and O–H groups in total. The predicted octanol–water partition coefficient (Wildman–Crippen LogP) is 3.50. The molecular formula is C21H18N2O3. The van der Waals surface area contributed by atoms with Gasteiger partial charge >= 0.3 is 5.97 Å². The van der Waals surface area contributed by atoms with Crippen LogP contribution in [0.5, 0.6) is 0 Å². The molecule has 0 aliphatic heterocycles. The quantitative estimate of drug-likeness (QED) is 0.566. The second-order valence-corrected chi connectivity index (χ2v) is 6.07. The molecule has 0 saturated carbocycles. The van der Waals surface area contributed by atoms with Crippen LogP contribution in [0.2, 0.25) is 0 Å². The lowest BCUT2D eigenvalue weighted by Gasteiger charge is -2.12. The van der Waals surface area contributed by atoms with Gasteiger partial charge in [0.2, 0.25) is 0 Å². The molecule has 1 aromatic heterocycles. The summed E-state index contributed by atoms with van der Waals surface area (Å²) >= 11 is 0. The Kier molecular flexibility index (Phi) is 4.80. The summed E-state index contributed by atoms with van der Waals surface area (Å²) < 4.78 is 0. The maximum atomic E-state index is 12.2. The first-order valence-electron chi connectivity index (χ1n) is 8.08. The van der Waals surface area contributed by atoms with Crippen molar-refractivity contribution in [3.8, 4) is 0 Å². The number of benzene rings is 2. The van der Waals surface area contributed by atoms with E-state index in [0.717, 1.165) is 16.6 Å². The number of carboxylic acid groups (broad SMARTS) is 1. The van der Waals surface area contributed by atoms with Crippen molar-refractivity contribution in [2.24, 2.45) is 0 Å². The lowest BCUT2D eigenvalue weighted by atomic mass is 10.0. The Balaban J connectivity index is 2.09. The average Bonchev–Trinajstić information content (AvgIpc) is 2.65. The fourth-order valence-electron chi connectivity index (χ4n) is 2.62. The maximum Gasteiger partial charge on any atom is 0.377 e. The van der Waals surface area contributed by atoms with E-state index in [0.29, 0.717) is 11.2 Å². The largest absolute Gasteiger partial charge is 0.475 e. The van der Waals surface area contributed by atoms with Gasteiger partial charge in [-0.15, -0.1) is 0 Å². The van der Waals surface area contributed by atoms with Crippen LogP contribution >= 0.6 is 0 Å². The number of nitrogens with zero attached hydrogens (tertiary/aromatic N) is 2. The Labute approximate surface area is 151 Å². The van der Waals surface area contributed by atoms with Crippen molar-refractivity contribution in [3.05, 3.63) is 71.9 Å². The third kappa shape index (κ3) is 3.62. The zero-order valence-corrected chi connectivity index (χ0v) is 14.5. The van der Waals surface area contributed by atoms with Gasteiger partial charge in [0.25, 0.3) is 5.78 Å². The number of aromatic nitrogens is 1. The number of Topliss-reactive ketones (excluding diaryl/α,β-unsaturated/α-hetero) is 1. The summed E-state index contributed by atoms with van der Waals surface area (Å²) in [6.45, 7) is 0. The van der Waals surface area contributed by atoms with Gasteiger partial charge in [0.1, 0.15) is 0 Å². The zero-order chi connectivity index (χ0) is 18.7. The highest BCUT2D eigenvalue weighted by molar-refractivity contribution is 6.52. The minimum absolute atomic E-state index is 0.0563. The summed E-state index contributed by atoms with van der Waals surface area (Å²) in [5.41, 5.74) is 2.85. The molecule has 0 saturated heterocycles. The van der Waals surface area contributed by atoms with E-state index in [1.807, 2.05) is 73.6 Å². The van der Waals surface area contributed by atoms with Gasteiger partial charge in [-0.3, -0.25) is 4.79 Å². The molecule has 1 heterocycles. The molecule has 0 fully saturated rings. The minimum atomic E-state index is -1.50. The first kappa shape index (κ1) is 17.4. The third-order valence-corrected chi connectivity index (χ3v) is 4.03. The normalized spacial score (nSPS) is 11.4. The summed E-state index contributed by atoms with van der Waals surface area (Å²) in [6, 6.07) is 18.5. The van der Waals surface area contributed by atoms with E-state index < -0.39 is 11.8 Å². The van der Waals surface area contributed by atoms with Crippen LogP contribution in [0.1, 0.15) is 11.3 Å². The summed E-state index contributed by atoms with van der Waals surface area (Å²) in [5, 5.41) is 10.1. The van der Waals surface area contributed by atoms with Gasteiger partial charge in [-0.05, 0) is 35.9 Å². The minimum Gasteiger partial charge on any atom is -0.475 e. The number of rotatable bonds is 5. The van der Waals surface area contributed by atoms with Gasteiger partial charge in [-0.2, -0.15) is 0 Å². The van der Waals surface area contributed by atoms with E-state index in [9.17, 15) is 14.7 Å². The van der Waals surface area contributed by atoms with Crippen LogP contribution in [-0.4, -0.2) is 35.9 Å². The Hall–Kier alpha value is -3.47. The second kappa shape index (κ2) is 7.19. The van der Waals surface area contributed by atoms with E-state index in [1.165, 1.54) is 0 Å². The first-order chi connectivity index (χ1) is 12.5. The molecule has 3 aromatic rings. The lowest BCUT2D eigenvalue weighted by molar-refractivity contribution is -0.146. The number of ketones is 1. The van der Waals surface area contributed by atoms with Crippen LogP contribution in [0, 0.1) is 0 Å². The average molecular weight is 346 g/mol. The molecule has 0 amide bonds. The fraction of sp³-hybridized carbons (Fsp3) is 0.0952.